The number of carboxylic acids is 1. The molecule has 0 aromatic heterocycles. The van der Waals surface area contributed by atoms with E-state index in [0.717, 1.165) is 18.6 Å². The van der Waals surface area contributed by atoms with Gasteiger partial charge in [0.15, 0.2) is 0 Å². The third-order valence-corrected chi connectivity index (χ3v) is 2.68. The zero-order chi connectivity index (χ0) is 12.0. The van der Waals surface area contributed by atoms with Gasteiger partial charge < -0.3 is 9.84 Å². The number of carbonyl (C=O) groups is 1. The predicted molar refractivity (Wildman–Crippen MR) is 63.0 cm³/mol. The minimum Gasteiger partial charge on any atom is -0.494 e. The first kappa shape index (κ1) is 12.6. The van der Waals surface area contributed by atoms with E-state index in [1.54, 1.807) is 24.3 Å². The van der Waals surface area contributed by atoms with Crippen molar-refractivity contribution in [1.29, 1.82) is 0 Å². The van der Waals surface area contributed by atoms with Gasteiger partial charge in [-0.05, 0) is 36.6 Å². The standard InChI is InChI=1S/C13H18O3/c1-3-10(2)8-9-16-12-6-4-11(5-7-12)13(14)15/h4-7,10H,3,8-9H2,1-2H3,(H,14,15). The number of hydrogen-bond donors (Lipinski definition) is 1. The molecule has 0 bridgehead atoms. The van der Waals surface area contributed by atoms with Gasteiger partial charge in [0.05, 0.1) is 12.2 Å². The van der Waals surface area contributed by atoms with E-state index in [1.807, 2.05) is 0 Å². The van der Waals surface area contributed by atoms with Crippen molar-refractivity contribution < 1.29 is 14.6 Å². The summed E-state index contributed by atoms with van der Waals surface area (Å²) in [7, 11) is 0. The van der Waals surface area contributed by atoms with E-state index < -0.39 is 5.97 Å². The molecule has 1 aromatic rings. The van der Waals surface area contributed by atoms with Crippen molar-refractivity contribution in [2.75, 3.05) is 6.61 Å². The average Bonchev–Trinajstić information content (AvgIpc) is 2.29. The fraction of sp³-hybridized carbons (Fsp3) is 0.462. The summed E-state index contributed by atoms with van der Waals surface area (Å²) in [5.41, 5.74) is 0.286. The Kier molecular flexibility index (Phi) is 4.83. The van der Waals surface area contributed by atoms with Crippen molar-refractivity contribution in [2.24, 2.45) is 5.92 Å². The third kappa shape index (κ3) is 3.93. The quantitative estimate of drug-likeness (QED) is 0.804. The molecule has 0 amide bonds. The fourth-order valence-corrected chi connectivity index (χ4v) is 1.28. The van der Waals surface area contributed by atoms with Crippen molar-refractivity contribution in [2.45, 2.75) is 26.7 Å². The molecular weight excluding hydrogens is 204 g/mol. The van der Waals surface area contributed by atoms with Crippen molar-refractivity contribution in [3.63, 3.8) is 0 Å². The minimum atomic E-state index is -0.911. The highest BCUT2D eigenvalue weighted by Gasteiger charge is 2.03. The van der Waals surface area contributed by atoms with Gasteiger partial charge in [-0.15, -0.1) is 0 Å². The van der Waals surface area contributed by atoms with Gasteiger partial charge in [0.25, 0.3) is 0 Å². The Morgan fingerprint density at radius 1 is 1.38 bits per heavy atom. The van der Waals surface area contributed by atoms with Gasteiger partial charge in [0.1, 0.15) is 5.75 Å². The normalized spacial score (nSPS) is 12.1. The van der Waals surface area contributed by atoms with Crippen molar-refractivity contribution in [3.8, 4) is 5.75 Å². The van der Waals surface area contributed by atoms with E-state index in [1.165, 1.54) is 0 Å². The van der Waals surface area contributed by atoms with E-state index >= 15 is 0 Å². The van der Waals surface area contributed by atoms with Crippen molar-refractivity contribution in [3.05, 3.63) is 29.8 Å². The molecule has 0 aliphatic rings. The molecule has 1 atom stereocenters. The second-order valence-electron chi connectivity index (χ2n) is 3.98. The van der Waals surface area contributed by atoms with Crippen LogP contribution in [-0.4, -0.2) is 17.7 Å². The highest BCUT2D eigenvalue weighted by Crippen LogP contribution is 2.14. The number of hydrogen-bond acceptors (Lipinski definition) is 2. The molecule has 1 rings (SSSR count). The second-order valence-corrected chi connectivity index (χ2v) is 3.98. The van der Waals surface area contributed by atoms with E-state index in [2.05, 4.69) is 13.8 Å². The Morgan fingerprint density at radius 3 is 2.50 bits per heavy atom. The average molecular weight is 222 g/mol. The van der Waals surface area contributed by atoms with Crippen LogP contribution in [-0.2, 0) is 0 Å². The van der Waals surface area contributed by atoms with Gasteiger partial charge in [-0.1, -0.05) is 20.3 Å². The second kappa shape index (κ2) is 6.16. The molecule has 0 radical (unpaired) electrons. The predicted octanol–water partition coefficient (Wildman–Crippen LogP) is 3.20. The van der Waals surface area contributed by atoms with Crippen LogP contribution in [0, 0.1) is 5.92 Å². The lowest BCUT2D eigenvalue weighted by atomic mass is 10.1. The zero-order valence-corrected chi connectivity index (χ0v) is 9.77. The smallest absolute Gasteiger partial charge is 0.335 e. The molecule has 3 heteroatoms. The molecule has 1 aromatic carbocycles. The first-order chi connectivity index (χ1) is 7.63. The Morgan fingerprint density at radius 2 is 2.00 bits per heavy atom. The Hall–Kier alpha value is -1.51. The molecule has 16 heavy (non-hydrogen) atoms. The molecule has 0 saturated carbocycles. The highest BCUT2D eigenvalue weighted by atomic mass is 16.5. The minimum absolute atomic E-state index is 0.286. The first-order valence-corrected chi connectivity index (χ1v) is 5.59. The molecule has 0 aliphatic carbocycles. The number of rotatable bonds is 6. The molecule has 3 nitrogen and oxygen atoms in total. The number of aromatic carboxylic acids is 1. The number of carboxylic acid groups (broad SMARTS) is 1. The monoisotopic (exact) mass is 222 g/mol. The van der Waals surface area contributed by atoms with Crippen molar-refractivity contribution in [1.82, 2.24) is 0 Å². The SMILES string of the molecule is CCC(C)CCOc1ccc(C(=O)O)cc1. The molecule has 0 saturated heterocycles. The largest absolute Gasteiger partial charge is 0.494 e. The zero-order valence-electron chi connectivity index (χ0n) is 9.77. The first-order valence-electron chi connectivity index (χ1n) is 5.59. The van der Waals surface area contributed by atoms with Gasteiger partial charge in [0, 0.05) is 0 Å². The lowest BCUT2D eigenvalue weighted by Crippen LogP contribution is -2.03. The summed E-state index contributed by atoms with van der Waals surface area (Å²) in [4.78, 5) is 10.6. The van der Waals surface area contributed by atoms with Crippen LogP contribution in [0.1, 0.15) is 37.0 Å². The molecule has 0 aliphatic heterocycles. The molecule has 0 spiro atoms. The highest BCUT2D eigenvalue weighted by molar-refractivity contribution is 5.87. The molecule has 88 valence electrons. The molecule has 0 fully saturated rings. The van der Waals surface area contributed by atoms with Gasteiger partial charge in [-0.2, -0.15) is 0 Å². The van der Waals surface area contributed by atoms with Crippen LogP contribution in [0.5, 0.6) is 5.75 Å². The molecule has 0 heterocycles. The Labute approximate surface area is 96.1 Å². The summed E-state index contributed by atoms with van der Waals surface area (Å²) in [5, 5.41) is 8.72. The van der Waals surface area contributed by atoms with Crippen LogP contribution in [0.25, 0.3) is 0 Å². The lowest BCUT2D eigenvalue weighted by Gasteiger charge is -2.10. The maximum Gasteiger partial charge on any atom is 0.335 e. The van der Waals surface area contributed by atoms with E-state index in [4.69, 9.17) is 9.84 Å². The van der Waals surface area contributed by atoms with E-state index in [9.17, 15) is 4.79 Å². The maximum atomic E-state index is 10.6. The topological polar surface area (TPSA) is 46.5 Å². The van der Waals surface area contributed by atoms with Gasteiger partial charge in [-0.3, -0.25) is 0 Å². The summed E-state index contributed by atoms with van der Waals surface area (Å²) in [6, 6.07) is 6.50. The Balaban J connectivity index is 2.40. The van der Waals surface area contributed by atoms with Crippen LogP contribution >= 0.6 is 0 Å². The van der Waals surface area contributed by atoms with Crippen LogP contribution in [0.15, 0.2) is 24.3 Å². The summed E-state index contributed by atoms with van der Waals surface area (Å²) in [6.45, 7) is 5.03. The van der Waals surface area contributed by atoms with Crippen LogP contribution in [0.2, 0.25) is 0 Å². The van der Waals surface area contributed by atoms with Gasteiger partial charge in [0.2, 0.25) is 0 Å². The van der Waals surface area contributed by atoms with E-state index in [0.29, 0.717) is 12.5 Å². The maximum absolute atomic E-state index is 10.6. The van der Waals surface area contributed by atoms with E-state index in [-0.39, 0.29) is 5.56 Å². The summed E-state index contributed by atoms with van der Waals surface area (Å²) >= 11 is 0. The van der Waals surface area contributed by atoms with Gasteiger partial charge in [-0.25, -0.2) is 4.79 Å². The number of benzene rings is 1. The summed E-state index contributed by atoms with van der Waals surface area (Å²) < 4.78 is 5.52. The summed E-state index contributed by atoms with van der Waals surface area (Å²) in [5.74, 6) is 0.484. The molecule has 1 unspecified atom stereocenters. The Bertz CT molecular complexity index is 330. The third-order valence-electron chi connectivity index (χ3n) is 2.68. The van der Waals surface area contributed by atoms with Crippen LogP contribution < -0.4 is 4.74 Å². The molecule has 1 N–H and O–H groups in total. The van der Waals surface area contributed by atoms with Gasteiger partial charge >= 0.3 is 5.97 Å². The van der Waals surface area contributed by atoms with Crippen LogP contribution in [0.4, 0.5) is 0 Å². The fourth-order valence-electron chi connectivity index (χ4n) is 1.28. The lowest BCUT2D eigenvalue weighted by molar-refractivity contribution is 0.0697. The summed E-state index contributed by atoms with van der Waals surface area (Å²) in [6.07, 6.45) is 2.18. The van der Waals surface area contributed by atoms with Crippen molar-refractivity contribution >= 4 is 5.97 Å². The number of ether oxygens (including phenoxy) is 1. The van der Waals surface area contributed by atoms with Crippen LogP contribution in [0.3, 0.4) is 0 Å². The molecular formula is C13H18O3.